The zero-order valence-corrected chi connectivity index (χ0v) is 17.4. The fourth-order valence-corrected chi connectivity index (χ4v) is 3.95. The van der Waals surface area contributed by atoms with E-state index >= 15 is 0 Å². The van der Waals surface area contributed by atoms with Crippen LogP contribution in [0.15, 0.2) is 53.3 Å². The van der Waals surface area contributed by atoms with E-state index in [0.717, 1.165) is 24.5 Å². The maximum absolute atomic E-state index is 12.8. The van der Waals surface area contributed by atoms with Crippen molar-refractivity contribution in [3.63, 3.8) is 0 Å². The molecule has 1 amide bonds. The Morgan fingerprint density at radius 3 is 2.50 bits per heavy atom. The molecular weight excluding hydrogens is 380 g/mol. The van der Waals surface area contributed by atoms with Crippen LogP contribution in [-0.2, 0) is 18.3 Å². The van der Waals surface area contributed by atoms with Crippen LogP contribution in [0.25, 0.3) is 10.9 Å². The smallest absolute Gasteiger partial charge is 0.261 e. The molecule has 0 N–H and O–H groups in total. The van der Waals surface area contributed by atoms with Gasteiger partial charge in [0.05, 0.1) is 23.7 Å². The second kappa shape index (κ2) is 8.57. The number of benzene rings is 2. The largest absolute Gasteiger partial charge is 0.495 e. The third-order valence-corrected chi connectivity index (χ3v) is 5.70. The summed E-state index contributed by atoms with van der Waals surface area (Å²) in [6.45, 7) is 2.86. The Bertz CT molecular complexity index is 1120. The zero-order chi connectivity index (χ0) is 21.1. The molecule has 1 aliphatic heterocycles. The molecule has 0 radical (unpaired) electrons. The summed E-state index contributed by atoms with van der Waals surface area (Å²) in [7, 11) is 3.39. The number of piperazine rings is 1. The van der Waals surface area contributed by atoms with Crippen LogP contribution >= 0.6 is 0 Å². The minimum Gasteiger partial charge on any atom is -0.495 e. The number of fused-ring (bicyclic) bond motifs is 1. The van der Waals surface area contributed by atoms with Crippen LogP contribution in [0.5, 0.6) is 5.75 Å². The summed E-state index contributed by atoms with van der Waals surface area (Å²) in [6.07, 6.45) is 0.787. The first-order valence-electron chi connectivity index (χ1n) is 10.2. The molecule has 1 fully saturated rings. The fourth-order valence-electron chi connectivity index (χ4n) is 3.95. The first kappa shape index (κ1) is 19.9. The Balaban J connectivity index is 1.38. The van der Waals surface area contributed by atoms with Crippen molar-refractivity contribution in [1.82, 2.24) is 14.5 Å². The van der Waals surface area contributed by atoms with Crippen LogP contribution in [0.2, 0.25) is 0 Å². The van der Waals surface area contributed by atoms with Gasteiger partial charge in [-0.25, -0.2) is 4.98 Å². The maximum Gasteiger partial charge on any atom is 0.261 e. The number of para-hydroxylation sites is 3. The summed E-state index contributed by atoms with van der Waals surface area (Å²) in [5.74, 6) is 1.58. The second-order valence-corrected chi connectivity index (χ2v) is 7.45. The average Bonchev–Trinajstić information content (AvgIpc) is 2.80. The molecule has 1 saturated heterocycles. The molecule has 2 heterocycles. The van der Waals surface area contributed by atoms with E-state index in [9.17, 15) is 9.59 Å². The van der Waals surface area contributed by atoms with Gasteiger partial charge in [0.25, 0.3) is 5.56 Å². The second-order valence-electron chi connectivity index (χ2n) is 7.45. The first-order chi connectivity index (χ1) is 14.6. The normalized spacial score (nSPS) is 14.2. The van der Waals surface area contributed by atoms with Crippen molar-refractivity contribution in [3.8, 4) is 5.75 Å². The predicted octanol–water partition coefficient (Wildman–Crippen LogP) is 2.22. The molecular formula is C23H26N4O3. The number of hydrogen-bond acceptors (Lipinski definition) is 5. The van der Waals surface area contributed by atoms with Crippen LogP contribution < -0.4 is 15.2 Å². The van der Waals surface area contributed by atoms with E-state index in [0.29, 0.717) is 42.7 Å². The van der Waals surface area contributed by atoms with E-state index < -0.39 is 0 Å². The number of anilines is 1. The summed E-state index contributed by atoms with van der Waals surface area (Å²) in [5.41, 5.74) is 1.66. The highest BCUT2D eigenvalue weighted by atomic mass is 16.5. The van der Waals surface area contributed by atoms with Crippen molar-refractivity contribution in [3.05, 3.63) is 64.7 Å². The molecule has 0 saturated carbocycles. The van der Waals surface area contributed by atoms with Crippen LogP contribution in [0.4, 0.5) is 5.69 Å². The molecule has 0 aliphatic carbocycles. The fraction of sp³-hybridized carbons (Fsp3) is 0.348. The van der Waals surface area contributed by atoms with Crippen molar-refractivity contribution in [2.24, 2.45) is 7.05 Å². The van der Waals surface area contributed by atoms with E-state index in [2.05, 4.69) is 9.88 Å². The van der Waals surface area contributed by atoms with Crippen LogP contribution in [0.3, 0.4) is 0 Å². The number of carbonyl (C=O) groups excluding carboxylic acids is 1. The Morgan fingerprint density at radius 1 is 1.03 bits per heavy atom. The molecule has 7 nitrogen and oxygen atoms in total. The van der Waals surface area contributed by atoms with Gasteiger partial charge >= 0.3 is 0 Å². The van der Waals surface area contributed by atoms with Gasteiger partial charge in [0, 0.05) is 46.1 Å². The molecule has 0 unspecified atom stereocenters. The Morgan fingerprint density at radius 2 is 1.73 bits per heavy atom. The number of amides is 1. The van der Waals surface area contributed by atoms with Crippen LogP contribution in [-0.4, -0.2) is 53.6 Å². The zero-order valence-electron chi connectivity index (χ0n) is 17.4. The van der Waals surface area contributed by atoms with Crippen molar-refractivity contribution >= 4 is 22.5 Å². The summed E-state index contributed by atoms with van der Waals surface area (Å²) >= 11 is 0. The van der Waals surface area contributed by atoms with Crippen molar-refractivity contribution in [2.45, 2.75) is 12.8 Å². The molecule has 0 spiro atoms. The summed E-state index contributed by atoms with van der Waals surface area (Å²) in [5, 5.41) is 0.600. The quantitative estimate of drug-likeness (QED) is 0.650. The van der Waals surface area contributed by atoms with E-state index in [-0.39, 0.29) is 11.5 Å². The lowest BCUT2D eigenvalue weighted by molar-refractivity contribution is -0.131. The lowest BCUT2D eigenvalue weighted by Gasteiger charge is -2.36. The first-order valence-corrected chi connectivity index (χ1v) is 10.2. The molecule has 3 aromatic rings. The number of carbonyl (C=O) groups is 1. The summed E-state index contributed by atoms with van der Waals surface area (Å²) < 4.78 is 7.01. The Hall–Kier alpha value is -3.35. The lowest BCUT2D eigenvalue weighted by atomic mass is 10.2. The third kappa shape index (κ3) is 3.87. The number of aryl methyl sites for hydroxylation is 1. The lowest BCUT2D eigenvalue weighted by Crippen LogP contribution is -2.49. The van der Waals surface area contributed by atoms with Gasteiger partial charge in [-0.05, 0) is 24.3 Å². The van der Waals surface area contributed by atoms with Crippen molar-refractivity contribution in [2.75, 3.05) is 38.2 Å². The number of hydrogen-bond donors (Lipinski definition) is 0. The standard InChI is InChI=1S/C23H26N4O3/c1-25-21(24-18-8-4-3-7-17(18)23(25)29)11-12-22(28)27-15-13-26(14-16-27)19-9-5-6-10-20(19)30-2/h3-10H,11-16H2,1-2H3. The molecule has 156 valence electrons. The number of methoxy groups -OCH3 is 1. The minimum atomic E-state index is -0.0755. The number of ether oxygens (including phenoxy) is 1. The highest BCUT2D eigenvalue weighted by Gasteiger charge is 2.23. The number of aromatic nitrogens is 2. The Labute approximate surface area is 175 Å². The highest BCUT2D eigenvalue weighted by Crippen LogP contribution is 2.28. The van der Waals surface area contributed by atoms with E-state index in [1.807, 2.05) is 47.4 Å². The third-order valence-electron chi connectivity index (χ3n) is 5.70. The van der Waals surface area contributed by atoms with Gasteiger partial charge in [0.15, 0.2) is 0 Å². The van der Waals surface area contributed by atoms with Gasteiger partial charge in [-0.15, -0.1) is 0 Å². The number of rotatable bonds is 5. The molecule has 4 rings (SSSR count). The Kier molecular flexibility index (Phi) is 5.70. The van der Waals surface area contributed by atoms with Crippen LogP contribution in [0.1, 0.15) is 12.2 Å². The molecule has 1 aromatic heterocycles. The maximum atomic E-state index is 12.8. The van der Waals surface area contributed by atoms with E-state index in [1.54, 1.807) is 24.8 Å². The molecule has 0 bridgehead atoms. The highest BCUT2D eigenvalue weighted by molar-refractivity contribution is 5.78. The molecule has 0 atom stereocenters. The SMILES string of the molecule is COc1ccccc1N1CCN(C(=O)CCc2nc3ccccc3c(=O)n2C)CC1. The molecule has 2 aromatic carbocycles. The van der Waals surface area contributed by atoms with Gasteiger partial charge < -0.3 is 14.5 Å². The van der Waals surface area contributed by atoms with Gasteiger partial charge in [-0.3, -0.25) is 14.2 Å². The van der Waals surface area contributed by atoms with E-state index in [1.165, 1.54) is 0 Å². The van der Waals surface area contributed by atoms with E-state index in [4.69, 9.17) is 4.74 Å². The summed E-state index contributed by atoms with van der Waals surface area (Å²) in [4.78, 5) is 34.0. The van der Waals surface area contributed by atoms with Gasteiger partial charge in [0.1, 0.15) is 11.6 Å². The topological polar surface area (TPSA) is 67.7 Å². The van der Waals surface area contributed by atoms with Crippen molar-refractivity contribution in [1.29, 1.82) is 0 Å². The van der Waals surface area contributed by atoms with Crippen LogP contribution in [0, 0.1) is 0 Å². The minimum absolute atomic E-state index is 0.0755. The molecule has 30 heavy (non-hydrogen) atoms. The monoisotopic (exact) mass is 406 g/mol. The molecule has 1 aliphatic rings. The average molecular weight is 406 g/mol. The van der Waals surface area contributed by atoms with Gasteiger partial charge in [-0.1, -0.05) is 24.3 Å². The number of nitrogens with zero attached hydrogens (tertiary/aromatic N) is 4. The predicted molar refractivity (Wildman–Crippen MR) is 117 cm³/mol. The molecule has 7 heteroatoms. The summed E-state index contributed by atoms with van der Waals surface area (Å²) in [6, 6.07) is 15.3. The van der Waals surface area contributed by atoms with Gasteiger partial charge in [0.2, 0.25) is 5.91 Å². The van der Waals surface area contributed by atoms with Crippen molar-refractivity contribution < 1.29 is 9.53 Å². The van der Waals surface area contributed by atoms with Gasteiger partial charge in [-0.2, -0.15) is 0 Å².